The van der Waals surface area contributed by atoms with E-state index in [1.54, 1.807) is 0 Å². The SMILES string of the molecule is Cc1ccc(C2=CN(Cc3ccccc3)NC2)cc1. The van der Waals surface area contributed by atoms with E-state index in [-0.39, 0.29) is 0 Å². The molecule has 2 nitrogen and oxygen atoms in total. The highest BCUT2D eigenvalue weighted by molar-refractivity contribution is 5.68. The molecule has 0 aliphatic carbocycles. The maximum absolute atomic E-state index is 3.41. The van der Waals surface area contributed by atoms with E-state index < -0.39 is 0 Å². The maximum atomic E-state index is 3.41. The van der Waals surface area contributed by atoms with Crippen molar-refractivity contribution in [1.82, 2.24) is 10.4 Å². The summed E-state index contributed by atoms with van der Waals surface area (Å²) in [4.78, 5) is 0. The summed E-state index contributed by atoms with van der Waals surface area (Å²) >= 11 is 0. The minimum Gasteiger partial charge on any atom is -0.311 e. The van der Waals surface area contributed by atoms with Crippen LogP contribution in [0.5, 0.6) is 0 Å². The Morgan fingerprint density at radius 1 is 1.00 bits per heavy atom. The molecule has 1 N–H and O–H groups in total. The van der Waals surface area contributed by atoms with Gasteiger partial charge < -0.3 is 5.01 Å². The molecule has 1 aliphatic rings. The predicted molar refractivity (Wildman–Crippen MR) is 79.1 cm³/mol. The highest BCUT2D eigenvalue weighted by Crippen LogP contribution is 2.19. The molecular formula is C17H18N2. The van der Waals surface area contributed by atoms with E-state index in [1.807, 2.05) is 0 Å². The average molecular weight is 250 g/mol. The number of hydrogen-bond acceptors (Lipinski definition) is 2. The van der Waals surface area contributed by atoms with Gasteiger partial charge in [0.2, 0.25) is 0 Å². The molecule has 0 fully saturated rings. The molecule has 0 atom stereocenters. The number of nitrogens with one attached hydrogen (secondary N) is 1. The van der Waals surface area contributed by atoms with Gasteiger partial charge in [-0.2, -0.15) is 0 Å². The highest BCUT2D eigenvalue weighted by Gasteiger charge is 2.13. The fraction of sp³-hybridized carbons (Fsp3) is 0.176. The molecule has 0 aromatic heterocycles. The van der Waals surface area contributed by atoms with Gasteiger partial charge in [-0.25, -0.2) is 5.43 Å². The van der Waals surface area contributed by atoms with Gasteiger partial charge in [0, 0.05) is 12.7 Å². The fourth-order valence-electron chi connectivity index (χ4n) is 2.29. The summed E-state index contributed by atoms with van der Waals surface area (Å²) < 4.78 is 0. The second-order valence-electron chi connectivity index (χ2n) is 4.97. The zero-order valence-corrected chi connectivity index (χ0v) is 11.1. The van der Waals surface area contributed by atoms with Gasteiger partial charge in [-0.05, 0) is 23.6 Å². The standard InChI is InChI=1S/C17H18N2/c1-14-7-9-16(10-8-14)17-11-18-19(13-17)12-15-5-3-2-4-6-15/h2-10,13,18H,11-12H2,1H3. The van der Waals surface area contributed by atoms with E-state index in [4.69, 9.17) is 0 Å². The molecule has 0 amide bonds. The molecule has 96 valence electrons. The largest absolute Gasteiger partial charge is 0.311 e. The zero-order valence-electron chi connectivity index (χ0n) is 11.1. The Balaban J connectivity index is 1.72. The molecule has 1 heterocycles. The van der Waals surface area contributed by atoms with E-state index in [2.05, 4.69) is 78.2 Å². The van der Waals surface area contributed by atoms with Crippen LogP contribution in [0.1, 0.15) is 16.7 Å². The third kappa shape index (κ3) is 2.85. The van der Waals surface area contributed by atoms with Gasteiger partial charge in [-0.1, -0.05) is 60.2 Å². The summed E-state index contributed by atoms with van der Waals surface area (Å²) in [5.74, 6) is 0. The topological polar surface area (TPSA) is 15.3 Å². The van der Waals surface area contributed by atoms with Crippen LogP contribution in [0.15, 0.2) is 60.8 Å². The van der Waals surface area contributed by atoms with E-state index in [0.29, 0.717) is 0 Å². The van der Waals surface area contributed by atoms with Crippen LogP contribution in [0.25, 0.3) is 5.57 Å². The van der Waals surface area contributed by atoms with Crippen molar-refractivity contribution in [3.8, 4) is 0 Å². The predicted octanol–water partition coefficient (Wildman–Crippen LogP) is 3.36. The van der Waals surface area contributed by atoms with Gasteiger partial charge in [0.1, 0.15) is 0 Å². The molecule has 0 radical (unpaired) electrons. The first kappa shape index (κ1) is 12.0. The van der Waals surface area contributed by atoms with Crippen LogP contribution in [0.4, 0.5) is 0 Å². The number of rotatable bonds is 3. The number of benzene rings is 2. The quantitative estimate of drug-likeness (QED) is 0.898. The first-order chi connectivity index (χ1) is 9.31. The minimum absolute atomic E-state index is 0.899. The van der Waals surface area contributed by atoms with Gasteiger partial charge in [-0.15, -0.1) is 0 Å². The average Bonchev–Trinajstić information content (AvgIpc) is 2.89. The van der Waals surface area contributed by atoms with Crippen LogP contribution in [-0.2, 0) is 6.54 Å². The van der Waals surface area contributed by atoms with Gasteiger partial charge >= 0.3 is 0 Å². The van der Waals surface area contributed by atoms with Crippen molar-refractivity contribution in [3.63, 3.8) is 0 Å². The molecule has 0 saturated heterocycles. The number of hydrogen-bond donors (Lipinski definition) is 1. The lowest BCUT2D eigenvalue weighted by Gasteiger charge is -2.15. The Kier molecular flexibility index (Phi) is 3.34. The molecule has 3 rings (SSSR count). The van der Waals surface area contributed by atoms with Crippen LogP contribution in [-0.4, -0.2) is 11.6 Å². The lowest BCUT2D eigenvalue weighted by atomic mass is 10.1. The Bertz CT molecular complexity index is 570. The zero-order chi connectivity index (χ0) is 13.1. The minimum atomic E-state index is 0.899. The second-order valence-corrected chi connectivity index (χ2v) is 4.97. The van der Waals surface area contributed by atoms with Gasteiger partial charge in [-0.3, -0.25) is 0 Å². The first-order valence-electron chi connectivity index (χ1n) is 6.63. The molecule has 0 bridgehead atoms. The summed E-state index contributed by atoms with van der Waals surface area (Å²) in [7, 11) is 0. The molecule has 2 aromatic rings. The number of nitrogens with zero attached hydrogens (tertiary/aromatic N) is 1. The maximum Gasteiger partial charge on any atom is 0.0588 e. The van der Waals surface area contributed by atoms with Crippen LogP contribution >= 0.6 is 0 Å². The highest BCUT2D eigenvalue weighted by atomic mass is 15.5. The van der Waals surface area contributed by atoms with Crippen LogP contribution in [0, 0.1) is 6.92 Å². The fourth-order valence-corrected chi connectivity index (χ4v) is 2.29. The Hall–Kier alpha value is -2.06. The molecule has 0 spiro atoms. The van der Waals surface area contributed by atoms with Crippen molar-refractivity contribution in [2.45, 2.75) is 13.5 Å². The third-order valence-corrected chi connectivity index (χ3v) is 3.40. The molecule has 2 aromatic carbocycles. The molecule has 0 unspecified atom stereocenters. The van der Waals surface area contributed by atoms with E-state index in [9.17, 15) is 0 Å². The second kappa shape index (κ2) is 5.29. The number of hydrazine groups is 1. The van der Waals surface area contributed by atoms with Crippen molar-refractivity contribution in [2.75, 3.05) is 6.54 Å². The summed E-state index contributed by atoms with van der Waals surface area (Å²) in [6.07, 6.45) is 2.21. The van der Waals surface area contributed by atoms with Crippen LogP contribution < -0.4 is 5.43 Å². The Morgan fingerprint density at radius 2 is 1.74 bits per heavy atom. The molecule has 2 heteroatoms. The normalized spacial score (nSPS) is 14.6. The van der Waals surface area contributed by atoms with Crippen molar-refractivity contribution in [2.24, 2.45) is 0 Å². The van der Waals surface area contributed by atoms with Crippen molar-refractivity contribution in [1.29, 1.82) is 0 Å². The van der Waals surface area contributed by atoms with Crippen LogP contribution in [0.3, 0.4) is 0 Å². The van der Waals surface area contributed by atoms with Gasteiger partial charge in [0.05, 0.1) is 6.54 Å². The Labute approximate surface area is 114 Å². The molecule has 0 saturated carbocycles. The monoisotopic (exact) mass is 250 g/mol. The summed E-state index contributed by atoms with van der Waals surface area (Å²) in [5, 5.41) is 2.16. The van der Waals surface area contributed by atoms with Crippen LogP contribution in [0.2, 0.25) is 0 Å². The third-order valence-electron chi connectivity index (χ3n) is 3.40. The van der Waals surface area contributed by atoms with Crippen molar-refractivity contribution >= 4 is 5.57 Å². The summed E-state index contributed by atoms with van der Waals surface area (Å²) in [5.41, 5.74) is 8.67. The summed E-state index contributed by atoms with van der Waals surface area (Å²) in [6.45, 7) is 3.92. The van der Waals surface area contributed by atoms with Gasteiger partial charge in [0.25, 0.3) is 0 Å². The molecular weight excluding hydrogens is 232 g/mol. The summed E-state index contributed by atoms with van der Waals surface area (Å²) in [6, 6.07) is 19.2. The van der Waals surface area contributed by atoms with E-state index in [1.165, 1.54) is 22.3 Å². The Morgan fingerprint density at radius 3 is 2.47 bits per heavy atom. The van der Waals surface area contributed by atoms with Gasteiger partial charge in [0.15, 0.2) is 0 Å². The lowest BCUT2D eigenvalue weighted by Crippen LogP contribution is -2.28. The lowest BCUT2D eigenvalue weighted by molar-refractivity contribution is 0.299. The molecule has 1 aliphatic heterocycles. The number of aryl methyl sites for hydroxylation is 1. The smallest absolute Gasteiger partial charge is 0.0588 e. The first-order valence-corrected chi connectivity index (χ1v) is 6.63. The van der Waals surface area contributed by atoms with E-state index >= 15 is 0 Å². The van der Waals surface area contributed by atoms with Crippen molar-refractivity contribution < 1.29 is 0 Å². The molecule has 19 heavy (non-hydrogen) atoms. The van der Waals surface area contributed by atoms with E-state index in [0.717, 1.165) is 13.1 Å². The van der Waals surface area contributed by atoms with Crippen molar-refractivity contribution in [3.05, 3.63) is 77.5 Å².